The van der Waals surface area contributed by atoms with Crippen LogP contribution in [0.1, 0.15) is 51.9 Å². The topological polar surface area (TPSA) is 99.5 Å². The second-order valence-corrected chi connectivity index (χ2v) is 8.89. The molecule has 2 fully saturated rings. The van der Waals surface area contributed by atoms with Gasteiger partial charge in [0.05, 0.1) is 6.61 Å². The lowest BCUT2D eigenvalue weighted by atomic mass is 9.86. The van der Waals surface area contributed by atoms with Crippen LogP contribution in [0.25, 0.3) is 0 Å². The molecule has 0 radical (unpaired) electrons. The van der Waals surface area contributed by atoms with Crippen LogP contribution >= 0.6 is 0 Å². The van der Waals surface area contributed by atoms with Crippen LogP contribution in [-0.2, 0) is 19.1 Å². The molecule has 0 bridgehead atoms. The van der Waals surface area contributed by atoms with E-state index in [9.17, 15) is 28.6 Å². The van der Waals surface area contributed by atoms with E-state index < -0.39 is 24.2 Å². The Morgan fingerprint density at radius 2 is 1.66 bits per heavy atom. The number of ether oxygens (including phenoxy) is 2. The van der Waals surface area contributed by atoms with Gasteiger partial charge in [-0.2, -0.15) is 0 Å². The number of carbonyl (C=O) groups excluding carboxylic acids is 2. The van der Waals surface area contributed by atoms with Crippen LogP contribution < -0.4 is 0 Å². The number of hydrogen-bond donors (Lipinski definition) is 2. The van der Waals surface area contributed by atoms with Crippen LogP contribution in [0.15, 0.2) is 0 Å². The number of halogens is 2. The summed E-state index contributed by atoms with van der Waals surface area (Å²) in [6.07, 6.45) is -1.45. The number of rotatable bonds is 2. The Balaban J connectivity index is 2.05. The molecule has 2 aliphatic rings. The minimum absolute atomic E-state index is 0.0694. The summed E-state index contributed by atoms with van der Waals surface area (Å²) in [6.45, 7) is 3.05. The van der Waals surface area contributed by atoms with Gasteiger partial charge in [-0.25, -0.2) is 8.78 Å². The second-order valence-electron chi connectivity index (χ2n) is 8.89. The van der Waals surface area contributed by atoms with Crippen LogP contribution in [0.5, 0.6) is 0 Å². The lowest BCUT2D eigenvalue weighted by Crippen LogP contribution is -2.48. The van der Waals surface area contributed by atoms with E-state index in [-0.39, 0.29) is 56.6 Å². The SMILES string of the molecule is CO[C@H]1CN(C(C)=O)CCCN(C(=O)C2CCC(F)(F)CC2)CCCCOC[C@H](O)[C@@H]1O. The van der Waals surface area contributed by atoms with Gasteiger partial charge in [-0.1, -0.05) is 0 Å². The smallest absolute Gasteiger partial charge is 0.248 e. The lowest BCUT2D eigenvalue weighted by Gasteiger charge is -2.33. The van der Waals surface area contributed by atoms with Gasteiger partial charge in [0.15, 0.2) is 0 Å². The Morgan fingerprint density at radius 3 is 2.28 bits per heavy atom. The predicted molar refractivity (Wildman–Crippen MR) is 113 cm³/mol. The zero-order valence-electron chi connectivity index (χ0n) is 19.2. The Kier molecular flexibility index (Phi) is 10.7. The zero-order valence-corrected chi connectivity index (χ0v) is 19.2. The molecule has 1 heterocycles. The van der Waals surface area contributed by atoms with E-state index in [0.29, 0.717) is 45.5 Å². The van der Waals surface area contributed by atoms with Crippen molar-refractivity contribution in [2.45, 2.75) is 76.1 Å². The monoisotopic (exact) mass is 464 g/mol. The molecule has 10 heteroatoms. The molecule has 2 N–H and O–H groups in total. The number of alkyl halides is 2. The highest BCUT2D eigenvalue weighted by Crippen LogP contribution is 2.36. The molecule has 0 spiro atoms. The van der Waals surface area contributed by atoms with E-state index in [2.05, 4.69) is 0 Å². The maximum Gasteiger partial charge on any atom is 0.248 e. The summed E-state index contributed by atoms with van der Waals surface area (Å²) in [5, 5.41) is 20.6. The fraction of sp³-hybridized carbons (Fsp3) is 0.909. The van der Waals surface area contributed by atoms with Crippen molar-refractivity contribution >= 4 is 11.8 Å². The molecule has 32 heavy (non-hydrogen) atoms. The average molecular weight is 465 g/mol. The van der Waals surface area contributed by atoms with Crippen molar-refractivity contribution in [1.29, 1.82) is 0 Å². The van der Waals surface area contributed by atoms with E-state index in [1.807, 2.05) is 0 Å². The standard InChI is InChI=1S/C22H38F2N2O6/c1-16(27)26-12-5-11-25(21(30)17-6-8-22(23,24)9-7-17)10-3-4-13-32-15-18(28)20(29)19(14-26)31-2/h17-20,28-29H,3-15H2,1-2H3/t18-,19-,20-/m0/s1. The first kappa shape index (κ1) is 26.9. The van der Waals surface area contributed by atoms with Crippen LogP contribution in [-0.4, -0.2) is 103 Å². The van der Waals surface area contributed by atoms with Crippen LogP contribution in [0.3, 0.4) is 0 Å². The van der Waals surface area contributed by atoms with Crippen molar-refractivity contribution in [3.05, 3.63) is 0 Å². The minimum Gasteiger partial charge on any atom is -0.388 e. The predicted octanol–water partition coefficient (Wildman–Crippen LogP) is 1.43. The van der Waals surface area contributed by atoms with E-state index in [1.54, 1.807) is 4.90 Å². The maximum absolute atomic E-state index is 13.5. The van der Waals surface area contributed by atoms with Crippen LogP contribution in [0.4, 0.5) is 8.78 Å². The first-order valence-corrected chi connectivity index (χ1v) is 11.5. The Bertz CT molecular complexity index is 599. The van der Waals surface area contributed by atoms with Gasteiger partial charge in [0, 0.05) is 65.6 Å². The fourth-order valence-corrected chi connectivity index (χ4v) is 4.30. The van der Waals surface area contributed by atoms with Crippen molar-refractivity contribution in [3.8, 4) is 0 Å². The Hall–Kier alpha value is -1.36. The first-order chi connectivity index (χ1) is 15.1. The fourth-order valence-electron chi connectivity index (χ4n) is 4.30. The normalized spacial score (nSPS) is 29.8. The molecular formula is C22H38F2N2O6. The summed E-state index contributed by atoms with van der Waals surface area (Å²) in [4.78, 5) is 28.4. The number of amides is 2. The molecule has 0 aromatic heterocycles. The zero-order chi connectivity index (χ0) is 23.7. The molecule has 1 saturated carbocycles. The van der Waals surface area contributed by atoms with Crippen molar-refractivity contribution in [3.63, 3.8) is 0 Å². The number of nitrogens with zero attached hydrogens (tertiary/aromatic N) is 2. The molecule has 1 aliphatic heterocycles. The molecule has 3 atom stereocenters. The van der Waals surface area contributed by atoms with Crippen molar-refractivity contribution < 1.29 is 38.1 Å². The highest BCUT2D eigenvalue weighted by Gasteiger charge is 2.38. The van der Waals surface area contributed by atoms with Gasteiger partial charge in [-0.15, -0.1) is 0 Å². The summed E-state index contributed by atoms with van der Waals surface area (Å²) < 4.78 is 37.8. The second kappa shape index (κ2) is 12.8. The summed E-state index contributed by atoms with van der Waals surface area (Å²) in [6, 6.07) is 0. The molecule has 8 nitrogen and oxygen atoms in total. The third-order valence-corrected chi connectivity index (χ3v) is 6.41. The number of carbonyl (C=O) groups is 2. The van der Waals surface area contributed by atoms with Gasteiger partial charge in [0.2, 0.25) is 17.7 Å². The summed E-state index contributed by atoms with van der Waals surface area (Å²) in [7, 11) is 1.40. The van der Waals surface area contributed by atoms with Crippen molar-refractivity contribution in [2.75, 3.05) is 46.5 Å². The highest BCUT2D eigenvalue weighted by atomic mass is 19.3. The van der Waals surface area contributed by atoms with Gasteiger partial charge in [0.25, 0.3) is 0 Å². The number of methoxy groups -OCH3 is 1. The van der Waals surface area contributed by atoms with Crippen molar-refractivity contribution in [1.82, 2.24) is 9.80 Å². The molecule has 186 valence electrons. The Morgan fingerprint density at radius 1 is 1.03 bits per heavy atom. The van der Waals surface area contributed by atoms with Gasteiger partial charge in [-0.05, 0) is 32.1 Å². The van der Waals surface area contributed by atoms with Crippen LogP contribution in [0, 0.1) is 5.92 Å². The lowest BCUT2D eigenvalue weighted by molar-refractivity contribution is -0.140. The largest absolute Gasteiger partial charge is 0.388 e. The van der Waals surface area contributed by atoms with E-state index in [0.717, 1.165) is 0 Å². The number of hydrogen-bond acceptors (Lipinski definition) is 6. The van der Waals surface area contributed by atoms with Crippen molar-refractivity contribution in [2.24, 2.45) is 5.92 Å². The van der Waals surface area contributed by atoms with Gasteiger partial charge in [-0.3, -0.25) is 9.59 Å². The van der Waals surface area contributed by atoms with E-state index in [1.165, 1.54) is 18.9 Å². The average Bonchev–Trinajstić information content (AvgIpc) is 2.75. The molecule has 2 amide bonds. The Labute approximate surface area is 188 Å². The first-order valence-electron chi connectivity index (χ1n) is 11.5. The maximum atomic E-state index is 13.5. The molecule has 1 aliphatic carbocycles. The molecule has 2 rings (SSSR count). The third-order valence-electron chi connectivity index (χ3n) is 6.41. The number of aliphatic hydroxyl groups is 2. The molecule has 0 unspecified atom stereocenters. The van der Waals surface area contributed by atoms with Gasteiger partial charge >= 0.3 is 0 Å². The summed E-state index contributed by atoms with van der Waals surface area (Å²) >= 11 is 0. The number of aliphatic hydroxyl groups excluding tert-OH is 2. The van der Waals surface area contributed by atoms with Crippen LogP contribution in [0.2, 0.25) is 0 Å². The molecule has 1 saturated heterocycles. The summed E-state index contributed by atoms with van der Waals surface area (Å²) in [5.74, 6) is -3.37. The molecule has 0 aromatic rings. The van der Waals surface area contributed by atoms with E-state index in [4.69, 9.17) is 9.47 Å². The van der Waals surface area contributed by atoms with Gasteiger partial charge in [0.1, 0.15) is 18.3 Å². The van der Waals surface area contributed by atoms with E-state index >= 15 is 0 Å². The van der Waals surface area contributed by atoms with Gasteiger partial charge < -0.3 is 29.5 Å². The highest BCUT2D eigenvalue weighted by molar-refractivity contribution is 5.79. The third kappa shape index (κ3) is 8.20. The summed E-state index contributed by atoms with van der Waals surface area (Å²) in [5.41, 5.74) is 0. The molecule has 0 aromatic carbocycles. The quantitative estimate of drug-likeness (QED) is 0.642. The molecular weight excluding hydrogens is 426 g/mol. The minimum atomic E-state index is -2.68.